The van der Waals surface area contributed by atoms with Crippen molar-refractivity contribution in [3.05, 3.63) is 0 Å². The van der Waals surface area contributed by atoms with Gasteiger partial charge in [-0.1, -0.05) is 0 Å². The summed E-state index contributed by atoms with van der Waals surface area (Å²) in [5.74, 6) is -7.57. The van der Waals surface area contributed by atoms with E-state index in [1.54, 1.807) is 0 Å². The third kappa shape index (κ3) is 14.0. The molecule has 0 aromatic carbocycles. The normalized spacial score (nSPS) is 11.7. The van der Waals surface area contributed by atoms with Crippen LogP contribution in [0.3, 0.4) is 0 Å². The maximum atomic E-state index is 10.6. The quantitative estimate of drug-likeness (QED) is 0.385. The summed E-state index contributed by atoms with van der Waals surface area (Å²) < 4.78 is 96.7. The first-order chi connectivity index (χ1) is 5.89. The van der Waals surface area contributed by atoms with Gasteiger partial charge in [0.2, 0.25) is 0 Å². The Labute approximate surface area is 92.1 Å². The molecule has 0 radical (unpaired) electrons. The van der Waals surface area contributed by atoms with Crippen LogP contribution >= 0.6 is 0 Å². The number of hydrogen-bond acceptors (Lipinski definition) is 6. The molecule has 0 fully saturated rings. The monoisotopic (exact) mass is 320 g/mol. The molecule has 0 aromatic rings. The predicted molar refractivity (Wildman–Crippen MR) is 31.4 cm³/mol. The summed E-state index contributed by atoms with van der Waals surface area (Å²) in [6.07, 6.45) is 0. The second-order valence-electron chi connectivity index (χ2n) is 1.51. The maximum Gasteiger partial charge on any atom is 2.00 e. The number of rotatable bonds is 2. The third-order valence-electron chi connectivity index (χ3n) is 0.436. The van der Waals surface area contributed by atoms with Gasteiger partial charge in [-0.3, -0.25) is 0 Å². The standard InChI is InChI=1S/2CH2F2O3S.Ni/c2*2-1(3)7(4,5)6;/h2*1H,(H,4,5,6);/q;;+2/p-2. The summed E-state index contributed by atoms with van der Waals surface area (Å²) in [6.45, 7) is 0. The molecule has 0 spiro atoms. The molecule has 0 heterocycles. The molecule has 0 aliphatic heterocycles. The molecule has 0 aliphatic carbocycles. The molecular weight excluding hydrogens is 319 g/mol. The predicted octanol–water partition coefficient (Wildman–Crippen LogP) is -0.494. The van der Waals surface area contributed by atoms with Crippen LogP contribution in [-0.4, -0.2) is 37.5 Å². The molecule has 0 amide bonds. The van der Waals surface area contributed by atoms with E-state index >= 15 is 0 Å². The Balaban J connectivity index is -0.000000180. The van der Waals surface area contributed by atoms with Gasteiger partial charge in [0.05, 0.1) is 0 Å². The molecule has 0 rings (SSSR count). The van der Waals surface area contributed by atoms with Crippen molar-refractivity contribution >= 4 is 20.2 Å². The van der Waals surface area contributed by atoms with Gasteiger partial charge in [0.1, 0.15) is 0 Å². The van der Waals surface area contributed by atoms with Crippen molar-refractivity contribution in [1.82, 2.24) is 0 Å². The first-order valence-corrected chi connectivity index (χ1v) is 5.29. The Kier molecular flexibility index (Phi) is 9.99. The van der Waals surface area contributed by atoms with Gasteiger partial charge in [-0.25, -0.2) is 16.8 Å². The summed E-state index contributed by atoms with van der Waals surface area (Å²) >= 11 is 0. The van der Waals surface area contributed by atoms with Crippen LogP contribution in [0.25, 0.3) is 0 Å². The van der Waals surface area contributed by atoms with Gasteiger partial charge in [-0.2, -0.15) is 17.6 Å². The Hall–Kier alpha value is 0.0335. The van der Waals surface area contributed by atoms with Gasteiger partial charge in [-0.15, -0.1) is 0 Å². The number of hydrogen-bond donors (Lipinski definition) is 0. The van der Waals surface area contributed by atoms with E-state index in [0.717, 1.165) is 0 Å². The van der Waals surface area contributed by atoms with Crippen molar-refractivity contribution in [2.24, 2.45) is 0 Å². The molecule has 0 bridgehead atoms. The molecule has 13 heteroatoms. The summed E-state index contributed by atoms with van der Waals surface area (Å²) in [6, 6.07) is 0. The summed E-state index contributed by atoms with van der Waals surface area (Å²) in [5, 5.41) is 0. The minimum absolute atomic E-state index is 0. The minimum atomic E-state index is -5.32. The van der Waals surface area contributed by atoms with Crippen molar-refractivity contribution in [1.29, 1.82) is 0 Å². The summed E-state index contributed by atoms with van der Waals surface area (Å²) in [5.41, 5.74) is 0. The van der Waals surface area contributed by atoms with E-state index in [2.05, 4.69) is 0 Å². The smallest absolute Gasteiger partial charge is 0.744 e. The van der Waals surface area contributed by atoms with Crippen molar-refractivity contribution in [3.63, 3.8) is 0 Å². The molecule has 0 N–H and O–H groups in total. The van der Waals surface area contributed by atoms with Crippen LogP contribution < -0.4 is 0 Å². The average molecular weight is 321 g/mol. The van der Waals surface area contributed by atoms with E-state index < -0.39 is 31.8 Å². The molecule has 0 saturated carbocycles. The molecule has 0 aromatic heterocycles. The van der Waals surface area contributed by atoms with Crippen molar-refractivity contribution < 1.29 is 60.0 Å². The van der Waals surface area contributed by atoms with Crippen LogP contribution in [0.2, 0.25) is 0 Å². The van der Waals surface area contributed by atoms with Crippen LogP contribution in [0.1, 0.15) is 0 Å². The molecule has 0 aliphatic rings. The second-order valence-corrected chi connectivity index (χ2v) is 4.19. The number of alkyl halides is 4. The molecule has 0 atom stereocenters. The van der Waals surface area contributed by atoms with Crippen LogP contribution in [0.5, 0.6) is 0 Å². The fourth-order valence-electron chi connectivity index (χ4n) is 0. The zero-order valence-electron chi connectivity index (χ0n) is 6.25. The molecular formula is C2H2F4NiO6S2. The maximum absolute atomic E-state index is 10.6. The topological polar surface area (TPSA) is 114 Å². The zero-order valence-corrected chi connectivity index (χ0v) is 8.87. The van der Waals surface area contributed by atoms with E-state index in [1.807, 2.05) is 0 Å². The summed E-state index contributed by atoms with van der Waals surface area (Å²) in [4.78, 5) is 0. The Bertz CT molecular complexity index is 311. The van der Waals surface area contributed by atoms with Gasteiger partial charge < -0.3 is 9.11 Å². The van der Waals surface area contributed by atoms with Crippen molar-refractivity contribution in [2.75, 3.05) is 0 Å². The van der Waals surface area contributed by atoms with E-state index in [4.69, 9.17) is 25.9 Å². The fourth-order valence-corrected chi connectivity index (χ4v) is 0. The Morgan fingerprint density at radius 1 is 0.733 bits per heavy atom. The molecule has 0 saturated heterocycles. The van der Waals surface area contributed by atoms with E-state index in [0.29, 0.717) is 0 Å². The van der Waals surface area contributed by atoms with Crippen LogP contribution in [0.15, 0.2) is 0 Å². The SMILES string of the molecule is O=S(=O)([O-])C(F)F.O=S(=O)([O-])C(F)F.[Ni+2]. The molecule has 15 heavy (non-hydrogen) atoms. The van der Waals surface area contributed by atoms with Gasteiger partial charge in [-0.05, 0) is 0 Å². The van der Waals surface area contributed by atoms with Crippen molar-refractivity contribution in [2.45, 2.75) is 11.5 Å². The summed E-state index contributed by atoms with van der Waals surface area (Å²) in [7, 11) is -10.6. The third-order valence-corrected chi connectivity index (χ3v) is 1.31. The van der Waals surface area contributed by atoms with E-state index in [1.165, 1.54) is 0 Å². The van der Waals surface area contributed by atoms with E-state index in [9.17, 15) is 17.6 Å². The van der Waals surface area contributed by atoms with Crippen LogP contribution in [-0.2, 0) is 36.7 Å². The Morgan fingerprint density at radius 2 is 0.800 bits per heavy atom. The average Bonchev–Trinajstić information content (AvgIpc) is 1.83. The fraction of sp³-hybridized carbons (Fsp3) is 1.00. The molecule has 0 unspecified atom stereocenters. The van der Waals surface area contributed by atoms with Gasteiger partial charge in [0, 0.05) is 0 Å². The van der Waals surface area contributed by atoms with Crippen LogP contribution in [0.4, 0.5) is 17.6 Å². The zero-order chi connectivity index (χ0) is 12.2. The first-order valence-electron chi connectivity index (χ1n) is 2.34. The van der Waals surface area contributed by atoms with Crippen LogP contribution in [0, 0.1) is 0 Å². The second kappa shape index (κ2) is 7.33. The van der Waals surface area contributed by atoms with Crippen molar-refractivity contribution in [3.8, 4) is 0 Å². The molecule has 6 nitrogen and oxygen atoms in total. The van der Waals surface area contributed by atoms with E-state index in [-0.39, 0.29) is 16.5 Å². The van der Waals surface area contributed by atoms with Gasteiger partial charge in [0.25, 0.3) is 0 Å². The number of halogens is 4. The first kappa shape index (κ1) is 20.4. The van der Waals surface area contributed by atoms with Gasteiger partial charge >= 0.3 is 28.0 Å². The Morgan fingerprint density at radius 3 is 0.800 bits per heavy atom. The molecule has 96 valence electrons. The minimum Gasteiger partial charge on any atom is -0.744 e. The van der Waals surface area contributed by atoms with Gasteiger partial charge in [0.15, 0.2) is 20.2 Å². The largest absolute Gasteiger partial charge is 2.00 e.